The summed E-state index contributed by atoms with van der Waals surface area (Å²) in [4.78, 5) is 24.1. The summed E-state index contributed by atoms with van der Waals surface area (Å²) in [6.45, 7) is 5.04. The lowest BCUT2D eigenvalue weighted by molar-refractivity contribution is -0.187. The van der Waals surface area contributed by atoms with Crippen molar-refractivity contribution in [3.8, 4) is 0 Å². The number of hydrogen-bond acceptors (Lipinski definition) is 5. The van der Waals surface area contributed by atoms with E-state index < -0.39 is 17.0 Å². The van der Waals surface area contributed by atoms with Crippen molar-refractivity contribution in [1.82, 2.24) is 0 Å². The van der Waals surface area contributed by atoms with Gasteiger partial charge in [-0.3, -0.25) is 4.79 Å². The van der Waals surface area contributed by atoms with Gasteiger partial charge in [-0.2, -0.15) is 0 Å². The molecular weight excluding hydrogens is 272 g/mol. The second-order valence-corrected chi connectivity index (χ2v) is 8.33. The molecule has 1 spiro atoms. The number of ether oxygens (including phenoxy) is 2. The summed E-state index contributed by atoms with van der Waals surface area (Å²) in [5.41, 5.74) is -0.870. The van der Waals surface area contributed by atoms with Gasteiger partial charge in [-0.15, -0.1) is 0 Å². The summed E-state index contributed by atoms with van der Waals surface area (Å²) in [7, 11) is 0. The minimum atomic E-state index is -0.569. The van der Waals surface area contributed by atoms with Crippen LogP contribution < -0.4 is 0 Å². The van der Waals surface area contributed by atoms with Crippen LogP contribution in [0.15, 0.2) is 0 Å². The predicted molar refractivity (Wildman–Crippen MR) is 72.0 cm³/mol. The molecule has 0 heterocycles. The summed E-state index contributed by atoms with van der Waals surface area (Å²) >= 11 is 0. The van der Waals surface area contributed by atoms with Crippen LogP contribution in [0.25, 0.3) is 0 Å². The average Bonchev–Trinajstić information content (AvgIpc) is 2.98. The Morgan fingerprint density at radius 1 is 1.24 bits per heavy atom. The molecule has 6 atom stereocenters. The third-order valence-corrected chi connectivity index (χ3v) is 6.20. The minimum absolute atomic E-state index is 0.104. The van der Waals surface area contributed by atoms with Gasteiger partial charge in [-0.1, -0.05) is 0 Å². The molecule has 6 unspecified atom stereocenters. The lowest BCUT2D eigenvalue weighted by Crippen LogP contribution is -2.60. The zero-order chi connectivity index (χ0) is 15.2. The van der Waals surface area contributed by atoms with Crippen molar-refractivity contribution in [3.63, 3.8) is 0 Å². The molecule has 21 heavy (non-hydrogen) atoms. The monoisotopic (exact) mass is 294 g/mol. The number of esters is 2. The molecule has 4 fully saturated rings. The summed E-state index contributed by atoms with van der Waals surface area (Å²) in [5, 5.41) is 9.98. The molecule has 0 amide bonds. The number of rotatable bonds is 3. The van der Waals surface area contributed by atoms with Crippen molar-refractivity contribution in [2.75, 3.05) is 6.61 Å². The molecule has 1 N–H and O–H groups in total. The van der Waals surface area contributed by atoms with E-state index in [0.29, 0.717) is 11.8 Å². The van der Waals surface area contributed by atoms with Crippen LogP contribution >= 0.6 is 0 Å². The maximum absolute atomic E-state index is 12.4. The average molecular weight is 294 g/mol. The Morgan fingerprint density at radius 2 is 1.90 bits per heavy atom. The van der Waals surface area contributed by atoms with Crippen molar-refractivity contribution in [2.45, 2.75) is 51.7 Å². The Labute approximate surface area is 124 Å². The third kappa shape index (κ3) is 1.50. The highest BCUT2D eigenvalue weighted by molar-refractivity contribution is 5.86. The maximum atomic E-state index is 12.4. The van der Waals surface area contributed by atoms with E-state index in [0.717, 1.165) is 19.3 Å². The molecule has 4 aliphatic carbocycles. The molecule has 0 radical (unpaired) electrons. The molecule has 0 aromatic heterocycles. The van der Waals surface area contributed by atoms with Gasteiger partial charge < -0.3 is 14.6 Å². The fourth-order valence-electron chi connectivity index (χ4n) is 5.49. The van der Waals surface area contributed by atoms with E-state index in [9.17, 15) is 14.7 Å². The number of aliphatic hydroxyl groups excluding tert-OH is 1. The quantitative estimate of drug-likeness (QED) is 0.794. The van der Waals surface area contributed by atoms with Gasteiger partial charge in [0.05, 0.1) is 11.5 Å². The van der Waals surface area contributed by atoms with Crippen LogP contribution in [-0.2, 0) is 19.1 Å². The van der Waals surface area contributed by atoms with Gasteiger partial charge in [0, 0.05) is 0 Å². The first-order chi connectivity index (χ1) is 9.70. The summed E-state index contributed by atoms with van der Waals surface area (Å²) in [6.07, 6.45) is 2.36. The molecule has 0 aliphatic heterocycles. The van der Waals surface area contributed by atoms with Gasteiger partial charge >= 0.3 is 11.9 Å². The molecule has 0 aromatic carbocycles. The standard InChI is InChI=1S/C16H22O5/c1-14(2,3)21-10(17)6-20-13(19)16-5-9-11-8(12(9)18)4-15(11,16)7-16/h8-9,11-12,18H,4-7H2,1-3H3. The molecular formula is C16H22O5. The van der Waals surface area contributed by atoms with Gasteiger partial charge in [0.15, 0.2) is 6.61 Å². The fourth-order valence-corrected chi connectivity index (χ4v) is 5.49. The number of carbonyl (C=O) groups is 2. The van der Waals surface area contributed by atoms with Crippen LogP contribution in [0.1, 0.15) is 40.0 Å². The molecule has 0 bridgehead atoms. The number of carbonyl (C=O) groups excluding carboxylic acids is 2. The van der Waals surface area contributed by atoms with Crippen LogP contribution in [0.2, 0.25) is 0 Å². The van der Waals surface area contributed by atoms with E-state index in [-0.39, 0.29) is 30.0 Å². The fraction of sp³-hybridized carbons (Fsp3) is 0.875. The minimum Gasteiger partial charge on any atom is -0.457 e. The van der Waals surface area contributed by atoms with E-state index in [2.05, 4.69) is 0 Å². The van der Waals surface area contributed by atoms with Gasteiger partial charge in [-0.25, -0.2) is 4.79 Å². The van der Waals surface area contributed by atoms with Crippen LogP contribution in [0.4, 0.5) is 0 Å². The summed E-state index contributed by atoms with van der Waals surface area (Å²) in [5.74, 6) is 0.467. The number of hydrogen-bond donors (Lipinski definition) is 1. The Bertz CT molecular complexity index is 535. The number of aliphatic hydroxyl groups is 1. The Kier molecular flexibility index (Phi) is 2.34. The second kappa shape index (κ2) is 3.62. The highest BCUT2D eigenvalue weighted by Crippen LogP contribution is 2.91. The van der Waals surface area contributed by atoms with Gasteiger partial charge in [0.25, 0.3) is 0 Å². The first-order valence-electron chi connectivity index (χ1n) is 7.77. The first-order valence-corrected chi connectivity index (χ1v) is 7.77. The van der Waals surface area contributed by atoms with E-state index in [1.54, 1.807) is 20.8 Å². The molecule has 4 saturated carbocycles. The Hall–Kier alpha value is -1.10. The van der Waals surface area contributed by atoms with Crippen LogP contribution in [0.3, 0.4) is 0 Å². The lowest BCUT2D eigenvalue weighted by Gasteiger charge is -2.59. The van der Waals surface area contributed by atoms with Crippen molar-refractivity contribution >= 4 is 11.9 Å². The molecule has 116 valence electrons. The molecule has 4 aliphatic rings. The highest BCUT2D eigenvalue weighted by Gasteiger charge is 2.91. The van der Waals surface area contributed by atoms with Gasteiger partial charge in [0.2, 0.25) is 0 Å². The van der Waals surface area contributed by atoms with Crippen molar-refractivity contribution < 1.29 is 24.2 Å². The van der Waals surface area contributed by atoms with Crippen LogP contribution in [-0.4, -0.2) is 35.4 Å². The van der Waals surface area contributed by atoms with Crippen molar-refractivity contribution in [1.29, 1.82) is 0 Å². The van der Waals surface area contributed by atoms with Gasteiger partial charge in [-0.05, 0) is 63.2 Å². The lowest BCUT2D eigenvalue weighted by atomic mass is 9.46. The van der Waals surface area contributed by atoms with Gasteiger partial charge in [0.1, 0.15) is 5.60 Å². The van der Waals surface area contributed by atoms with E-state index in [4.69, 9.17) is 9.47 Å². The largest absolute Gasteiger partial charge is 0.457 e. The smallest absolute Gasteiger partial charge is 0.344 e. The van der Waals surface area contributed by atoms with Crippen LogP contribution in [0, 0.1) is 28.6 Å². The normalized spacial score (nSPS) is 48.4. The molecule has 0 saturated heterocycles. The Morgan fingerprint density at radius 3 is 2.52 bits per heavy atom. The van der Waals surface area contributed by atoms with E-state index in [1.165, 1.54) is 0 Å². The second-order valence-electron chi connectivity index (χ2n) is 8.33. The molecule has 0 aromatic rings. The van der Waals surface area contributed by atoms with E-state index in [1.807, 2.05) is 0 Å². The zero-order valence-corrected chi connectivity index (χ0v) is 12.7. The SMILES string of the molecule is CC(C)(C)OC(=O)COC(=O)C12CC3C(O)C4CC1(C2)C34. The van der Waals surface area contributed by atoms with Crippen molar-refractivity contribution in [2.24, 2.45) is 28.6 Å². The zero-order valence-electron chi connectivity index (χ0n) is 12.7. The maximum Gasteiger partial charge on any atom is 0.344 e. The van der Waals surface area contributed by atoms with Crippen molar-refractivity contribution in [3.05, 3.63) is 0 Å². The topological polar surface area (TPSA) is 72.8 Å². The van der Waals surface area contributed by atoms with E-state index >= 15 is 0 Å². The van der Waals surface area contributed by atoms with Crippen LogP contribution in [0.5, 0.6) is 0 Å². The Balaban J connectivity index is 1.36. The molecule has 5 nitrogen and oxygen atoms in total. The molecule has 4 rings (SSSR count). The highest BCUT2D eigenvalue weighted by atomic mass is 16.6. The first kappa shape index (κ1) is 13.6. The third-order valence-electron chi connectivity index (χ3n) is 6.20. The predicted octanol–water partition coefficient (Wildman–Crippen LogP) is 1.28. The molecule has 5 heteroatoms. The summed E-state index contributed by atoms with van der Waals surface area (Å²) < 4.78 is 10.4. The summed E-state index contributed by atoms with van der Waals surface area (Å²) in [6, 6.07) is 0.